The molecule has 1 aromatic carbocycles. The Morgan fingerprint density at radius 3 is 2.00 bits per heavy atom. The summed E-state index contributed by atoms with van der Waals surface area (Å²) in [5, 5.41) is 0. The summed E-state index contributed by atoms with van der Waals surface area (Å²) in [7, 11) is 0. The molecule has 1 aromatic rings. The predicted octanol–water partition coefficient (Wildman–Crippen LogP) is -6.98. The number of benzene rings is 1. The van der Waals surface area contributed by atoms with Gasteiger partial charge in [0.05, 0.1) is 0 Å². The van der Waals surface area contributed by atoms with Gasteiger partial charge in [0.25, 0.3) is 0 Å². The molecule has 0 nitrogen and oxygen atoms in total. The Hall–Kier alpha value is 1.57. The van der Waals surface area contributed by atoms with Gasteiger partial charge in [-0.25, -0.2) is 0 Å². The van der Waals surface area contributed by atoms with Gasteiger partial charge in [0, 0.05) is 5.82 Å². The van der Waals surface area contributed by atoms with E-state index in [9.17, 15) is 4.39 Å². The molecule has 0 unspecified atom stereocenters. The van der Waals surface area contributed by atoms with E-state index in [0.717, 1.165) is 4.47 Å². The third-order valence-electron chi connectivity index (χ3n) is 0.718. The molecule has 0 radical (unpaired) electrons. The van der Waals surface area contributed by atoms with Crippen LogP contribution >= 0.6 is 15.9 Å². The molecule has 0 bridgehead atoms. The molecule has 0 aliphatic carbocycles. The van der Waals surface area contributed by atoms with Crippen LogP contribution in [-0.4, -0.2) is 23.1 Å². The number of hydrogen-bond acceptors (Lipinski definition) is 0. The first-order chi connectivity index (χ1) is 3.79. The Morgan fingerprint density at radius 2 is 1.75 bits per heavy atom. The molecule has 0 N–H and O–H groups in total. The van der Waals surface area contributed by atoms with Crippen molar-refractivity contribution in [3.8, 4) is 0 Å². The predicted molar refractivity (Wildman–Crippen MR) is 38.7 cm³/mol. The summed E-state index contributed by atoms with van der Waals surface area (Å²) in [5.41, 5.74) is 0. The number of hydrogen-bond donors (Lipinski definition) is 0. The van der Waals surface area contributed by atoms with Gasteiger partial charge in [-0.3, -0.25) is 4.39 Å². The van der Waals surface area contributed by atoms with Crippen LogP contribution in [0.5, 0.6) is 0 Å². The SMILES string of the molecule is Fc1c[c-]cc(Br)c1.[Cl-].[Cl-].[Li+].[Mg+2]. The van der Waals surface area contributed by atoms with Crippen molar-refractivity contribution in [2.75, 3.05) is 0 Å². The maximum absolute atomic E-state index is 12.1. The zero-order valence-electron chi connectivity index (χ0n) is 6.45. The fraction of sp³-hybridized carbons (Fsp3) is 0. The summed E-state index contributed by atoms with van der Waals surface area (Å²) in [4.78, 5) is 0. The molecule has 12 heavy (non-hydrogen) atoms. The van der Waals surface area contributed by atoms with E-state index in [4.69, 9.17) is 0 Å². The second-order valence-electron chi connectivity index (χ2n) is 1.37. The zero-order valence-corrected chi connectivity index (χ0v) is 11.0. The van der Waals surface area contributed by atoms with E-state index >= 15 is 0 Å². The minimum atomic E-state index is -0.264. The molecule has 0 fully saturated rings. The second-order valence-corrected chi connectivity index (χ2v) is 2.29. The van der Waals surface area contributed by atoms with Gasteiger partial charge in [-0.1, -0.05) is 4.47 Å². The molecule has 0 amide bonds. The van der Waals surface area contributed by atoms with Gasteiger partial charge in [0.2, 0.25) is 0 Å². The molecule has 0 aliphatic heterocycles. The molecule has 0 aliphatic rings. The smallest absolute Gasteiger partial charge is 1.00 e. The summed E-state index contributed by atoms with van der Waals surface area (Å²) in [6, 6.07) is 6.93. The minimum Gasteiger partial charge on any atom is -1.00 e. The number of rotatable bonds is 0. The van der Waals surface area contributed by atoms with Gasteiger partial charge in [0.15, 0.2) is 0 Å². The van der Waals surface area contributed by atoms with Crippen LogP contribution in [0.2, 0.25) is 0 Å². The van der Waals surface area contributed by atoms with Crippen molar-refractivity contribution in [1.29, 1.82) is 0 Å². The van der Waals surface area contributed by atoms with E-state index in [1.807, 2.05) is 0 Å². The average Bonchev–Trinajstić information content (AvgIpc) is 1.64. The van der Waals surface area contributed by atoms with E-state index in [1.54, 1.807) is 6.07 Å². The molecule has 1 rings (SSSR count). The Morgan fingerprint density at radius 1 is 1.25 bits per heavy atom. The molecular weight excluding hydrogens is 273 g/mol. The molecule has 0 saturated carbocycles. The molecule has 0 spiro atoms. The summed E-state index contributed by atoms with van der Waals surface area (Å²) >= 11 is 3.09. The van der Waals surface area contributed by atoms with Crippen LogP contribution in [0.15, 0.2) is 22.7 Å². The van der Waals surface area contributed by atoms with Crippen LogP contribution in [0.4, 0.5) is 4.39 Å². The van der Waals surface area contributed by atoms with Crippen molar-refractivity contribution < 1.29 is 48.1 Å². The van der Waals surface area contributed by atoms with Crippen LogP contribution in [0.3, 0.4) is 0 Å². The van der Waals surface area contributed by atoms with E-state index < -0.39 is 0 Å². The van der Waals surface area contributed by atoms with Gasteiger partial charge in [-0.2, -0.15) is 12.1 Å². The van der Waals surface area contributed by atoms with E-state index in [0.29, 0.717) is 0 Å². The van der Waals surface area contributed by atoms with Gasteiger partial charge in [-0.15, -0.1) is 28.1 Å². The first kappa shape index (κ1) is 23.4. The quantitative estimate of drug-likeness (QED) is 0.326. The Labute approximate surface area is 120 Å². The molecule has 0 atom stereocenters. The first-order valence-electron chi connectivity index (χ1n) is 2.11. The largest absolute Gasteiger partial charge is 2.00 e. The molecular formula is C6H3BrCl2FLiMg. The molecule has 0 aromatic heterocycles. The van der Waals surface area contributed by atoms with Crippen LogP contribution in [-0.2, 0) is 0 Å². The Bertz CT molecular complexity index is 185. The molecule has 0 heterocycles. The average molecular weight is 276 g/mol. The fourth-order valence-corrected chi connectivity index (χ4v) is 0.767. The third kappa shape index (κ3) is 9.66. The maximum atomic E-state index is 12.1. The normalized spacial score (nSPS) is 6.17. The Balaban J connectivity index is -0.0000000800. The van der Waals surface area contributed by atoms with Crippen molar-refractivity contribution >= 4 is 39.0 Å². The van der Waals surface area contributed by atoms with Crippen molar-refractivity contribution in [2.24, 2.45) is 0 Å². The number of halogens is 4. The summed E-state index contributed by atoms with van der Waals surface area (Å²) in [6.07, 6.45) is 0. The monoisotopic (exact) mass is 274 g/mol. The standard InChI is InChI=1S/C6H3BrF.2ClH.Li.Mg/c7-5-2-1-3-6(8)4-5;;;;/h2-4H;2*1H;;/q-1;;;+1;+2/p-2. The van der Waals surface area contributed by atoms with Gasteiger partial charge < -0.3 is 24.8 Å². The first-order valence-corrected chi connectivity index (χ1v) is 2.90. The van der Waals surface area contributed by atoms with Crippen LogP contribution < -0.4 is 43.7 Å². The summed E-state index contributed by atoms with van der Waals surface area (Å²) in [6.45, 7) is 0. The minimum absolute atomic E-state index is 0. The zero-order chi connectivity index (χ0) is 5.98. The van der Waals surface area contributed by atoms with E-state index in [2.05, 4.69) is 22.0 Å². The molecule has 0 saturated heterocycles. The molecule has 6 heteroatoms. The van der Waals surface area contributed by atoms with Gasteiger partial charge >= 0.3 is 41.9 Å². The third-order valence-corrected chi connectivity index (χ3v) is 1.18. The van der Waals surface area contributed by atoms with Crippen molar-refractivity contribution in [3.63, 3.8) is 0 Å². The van der Waals surface area contributed by atoms with Crippen molar-refractivity contribution in [1.82, 2.24) is 0 Å². The van der Waals surface area contributed by atoms with Crippen molar-refractivity contribution in [2.45, 2.75) is 0 Å². The van der Waals surface area contributed by atoms with E-state index in [1.165, 1.54) is 12.1 Å². The van der Waals surface area contributed by atoms with Crippen molar-refractivity contribution in [3.05, 3.63) is 34.6 Å². The Kier molecular flexibility index (Phi) is 24.5. The maximum Gasteiger partial charge on any atom is 2.00 e. The van der Waals surface area contributed by atoms with Crippen LogP contribution in [0.1, 0.15) is 0 Å². The van der Waals surface area contributed by atoms with E-state index in [-0.39, 0.29) is 72.5 Å². The van der Waals surface area contributed by atoms with Gasteiger partial charge in [-0.05, 0) is 0 Å². The summed E-state index contributed by atoms with van der Waals surface area (Å²) < 4.78 is 12.8. The fourth-order valence-electron chi connectivity index (χ4n) is 0.416. The second kappa shape index (κ2) is 12.6. The topological polar surface area (TPSA) is 0 Å². The summed E-state index contributed by atoms with van der Waals surface area (Å²) in [5.74, 6) is -0.264. The molecule has 58 valence electrons. The van der Waals surface area contributed by atoms with Crippen LogP contribution in [0, 0.1) is 11.9 Å². The van der Waals surface area contributed by atoms with Crippen LogP contribution in [0.25, 0.3) is 0 Å². The van der Waals surface area contributed by atoms with Gasteiger partial charge in [0.1, 0.15) is 0 Å².